The van der Waals surface area contributed by atoms with E-state index in [-0.39, 0.29) is 22.2 Å². The van der Waals surface area contributed by atoms with Crippen LogP contribution in [0.5, 0.6) is 0 Å². The molecule has 1 aliphatic heterocycles. The molecule has 0 bridgehead atoms. The van der Waals surface area contributed by atoms with E-state index in [1.807, 2.05) is 26.0 Å². The zero-order chi connectivity index (χ0) is 20.2. The van der Waals surface area contributed by atoms with Crippen LogP contribution in [0.4, 0.5) is 0 Å². The molecule has 5 fully saturated rings. The molecule has 152 valence electrons. The van der Waals surface area contributed by atoms with Gasteiger partial charge in [0.2, 0.25) is 0 Å². The van der Waals surface area contributed by atoms with Gasteiger partial charge >= 0.3 is 0 Å². The van der Waals surface area contributed by atoms with E-state index >= 15 is 0 Å². The van der Waals surface area contributed by atoms with Crippen molar-refractivity contribution in [3.8, 4) is 6.07 Å². The summed E-state index contributed by atoms with van der Waals surface area (Å²) in [5.41, 5.74) is -2.02. The number of epoxide rings is 1. The van der Waals surface area contributed by atoms with Crippen LogP contribution in [0.15, 0.2) is 12.2 Å². The van der Waals surface area contributed by atoms with Gasteiger partial charge in [-0.2, -0.15) is 5.26 Å². The lowest BCUT2D eigenvalue weighted by Crippen LogP contribution is -2.62. The molecule has 0 aromatic heterocycles. The molecule has 1 saturated heterocycles. The number of carbonyl (C=O) groups excluding carboxylic acids is 1. The molecule has 9 atom stereocenters. The fourth-order valence-corrected chi connectivity index (χ4v) is 8.83. The second kappa shape index (κ2) is 5.29. The van der Waals surface area contributed by atoms with Crippen molar-refractivity contribution in [3.05, 3.63) is 12.2 Å². The molecule has 4 saturated carbocycles. The minimum absolute atomic E-state index is 0.00916. The molecule has 5 aliphatic rings. The summed E-state index contributed by atoms with van der Waals surface area (Å²) in [4.78, 5) is 12.9. The molecule has 4 heteroatoms. The van der Waals surface area contributed by atoms with Gasteiger partial charge in [-0.15, -0.1) is 0 Å². The van der Waals surface area contributed by atoms with Crippen LogP contribution in [0, 0.1) is 45.8 Å². The lowest BCUT2D eigenvalue weighted by atomic mass is 9.42. The molecule has 28 heavy (non-hydrogen) atoms. The molecule has 4 aliphatic carbocycles. The number of ether oxygens (including phenoxy) is 1. The molecule has 5 rings (SSSR count). The number of ketones is 1. The molecule has 1 heterocycles. The molecular weight excluding hydrogens is 350 g/mol. The maximum atomic E-state index is 12.9. The first-order valence-electron chi connectivity index (χ1n) is 11.1. The van der Waals surface area contributed by atoms with Gasteiger partial charge in [0.25, 0.3) is 0 Å². The fraction of sp³-hybridized carbons (Fsp3) is 0.833. The van der Waals surface area contributed by atoms with Crippen molar-refractivity contribution in [2.24, 2.45) is 34.5 Å². The topological polar surface area (TPSA) is 73.6 Å². The largest absolute Gasteiger partial charge is 0.385 e. The van der Waals surface area contributed by atoms with E-state index in [2.05, 4.69) is 19.9 Å². The van der Waals surface area contributed by atoms with Crippen molar-refractivity contribution >= 4 is 5.78 Å². The van der Waals surface area contributed by atoms with Crippen LogP contribution in [0.25, 0.3) is 0 Å². The van der Waals surface area contributed by atoms with Gasteiger partial charge in [0, 0.05) is 10.8 Å². The van der Waals surface area contributed by atoms with E-state index in [4.69, 9.17) is 4.74 Å². The van der Waals surface area contributed by atoms with E-state index in [1.165, 1.54) is 0 Å². The highest BCUT2D eigenvalue weighted by atomic mass is 16.6. The van der Waals surface area contributed by atoms with Crippen LogP contribution < -0.4 is 0 Å². The molecule has 1 spiro atoms. The first-order chi connectivity index (χ1) is 13.1. The molecule has 4 unspecified atom stereocenters. The lowest BCUT2D eigenvalue weighted by molar-refractivity contribution is -0.148. The average molecular weight is 384 g/mol. The fourth-order valence-electron chi connectivity index (χ4n) is 8.83. The predicted molar refractivity (Wildman–Crippen MR) is 105 cm³/mol. The van der Waals surface area contributed by atoms with Gasteiger partial charge in [0.15, 0.2) is 11.4 Å². The number of allylic oxidation sites excluding steroid dienone is 1. The van der Waals surface area contributed by atoms with Crippen molar-refractivity contribution < 1.29 is 14.6 Å². The van der Waals surface area contributed by atoms with Gasteiger partial charge in [-0.3, -0.25) is 4.79 Å². The van der Waals surface area contributed by atoms with Crippen molar-refractivity contribution in [1.82, 2.24) is 0 Å². The number of rotatable bonds is 1. The normalized spacial score (nSPS) is 59.8. The summed E-state index contributed by atoms with van der Waals surface area (Å²) in [6.45, 7) is 8.54. The smallest absolute Gasteiger partial charge is 0.184 e. The first-order valence-corrected chi connectivity index (χ1v) is 11.1. The summed E-state index contributed by atoms with van der Waals surface area (Å²) in [5.74, 6) is 0.994. The van der Waals surface area contributed by atoms with Crippen LogP contribution >= 0.6 is 0 Å². The van der Waals surface area contributed by atoms with Crippen molar-refractivity contribution in [2.45, 2.75) is 89.4 Å². The van der Waals surface area contributed by atoms with E-state index in [9.17, 15) is 15.2 Å². The average Bonchev–Trinajstić information content (AvgIpc) is 3.20. The number of hydrogen-bond acceptors (Lipinski definition) is 4. The molecule has 0 amide bonds. The molecule has 1 N–H and O–H groups in total. The van der Waals surface area contributed by atoms with Crippen molar-refractivity contribution in [3.63, 3.8) is 0 Å². The van der Waals surface area contributed by atoms with Crippen LogP contribution in [-0.2, 0) is 9.53 Å². The lowest BCUT2D eigenvalue weighted by Gasteiger charge is -2.60. The van der Waals surface area contributed by atoms with Gasteiger partial charge in [0.1, 0.15) is 11.5 Å². The maximum absolute atomic E-state index is 12.9. The van der Waals surface area contributed by atoms with Gasteiger partial charge < -0.3 is 9.84 Å². The minimum atomic E-state index is -0.756. The Hall–Kier alpha value is -1.18. The monoisotopic (exact) mass is 383 g/mol. The van der Waals surface area contributed by atoms with E-state index in [0.717, 1.165) is 38.5 Å². The second-order valence-corrected chi connectivity index (χ2v) is 11.0. The third-order valence-electron chi connectivity index (χ3n) is 10.3. The van der Waals surface area contributed by atoms with Gasteiger partial charge in [-0.05, 0) is 76.5 Å². The SMILES string of the molecule is CC=CC1(O)CC[C@H]2[C@@H]3CCC45OC4(C)C(=O)C(C#N)C[C@]5(C)[C@@H]3CC[C@@]21C. The van der Waals surface area contributed by atoms with Crippen molar-refractivity contribution in [1.29, 1.82) is 5.26 Å². The number of Topliss-reactive ketones (excluding diaryl/α,β-unsaturated/α-hetero) is 1. The zero-order valence-corrected chi connectivity index (χ0v) is 17.6. The number of fused-ring (bicyclic) bond motifs is 4. The summed E-state index contributed by atoms with van der Waals surface area (Å²) in [6.07, 6.45) is 10.6. The summed E-state index contributed by atoms with van der Waals surface area (Å²) < 4.78 is 6.31. The van der Waals surface area contributed by atoms with Gasteiger partial charge in [-0.25, -0.2) is 0 Å². The summed E-state index contributed by atoms with van der Waals surface area (Å²) in [7, 11) is 0. The third kappa shape index (κ3) is 1.79. The summed E-state index contributed by atoms with van der Waals surface area (Å²) in [5, 5.41) is 21.1. The Labute approximate surface area is 168 Å². The summed E-state index contributed by atoms with van der Waals surface area (Å²) >= 11 is 0. The van der Waals surface area contributed by atoms with E-state index < -0.39 is 17.1 Å². The number of carbonyl (C=O) groups is 1. The van der Waals surface area contributed by atoms with Crippen LogP contribution in [-0.4, -0.2) is 27.7 Å². The number of nitrogens with zero attached hydrogens (tertiary/aromatic N) is 1. The highest BCUT2D eigenvalue weighted by Crippen LogP contribution is 2.76. The molecule has 0 aromatic rings. The molecular formula is C24H33NO3. The van der Waals surface area contributed by atoms with Gasteiger partial charge in [-0.1, -0.05) is 26.0 Å². The number of nitriles is 1. The Kier molecular flexibility index (Phi) is 3.56. The standard InChI is InChI=1S/C24H33NO3/c1-5-9-23(27)11-8-17-16-6-12-24-21(3,18(16)7-10-20(17,23)2)13-15(14-25)19(26)22(24,4)28-24/h5,9,15-18,27H,6-8,10-13H2,1-4H3/t15?,16-,17-,18+,20-,21+,22?,23?,24?/m0/s1. The molecule has 4 nitrogen and oxygen atoms in total. The van der Waals surface area contributed by atoms with E-state index in [1.54, 1.807) is 0 Å². The Bertz CT molecular complexity index is 815. The highest BCUT2D eigenvalue weighted by molar-refractivity contribution is 5.96. The zero-order valence-electron chi connectivity index (χ0n) is 17.6. The molecule has 0 radical (unpaired) electrons. The quantitative estimate of drug-likeness (QED) is 0.545. The predicted octanol–water partition coefficient (Wildman–Crippen LogP) is 4.18. The van der Waals surface area contributed by atoms with E-state index in [0.29, 0.717) is 24.2 Å². The summed E-state index contributed by atoms with van der Waals surface area (Å²) in [6, 6.07) is 2.29. The Balaban J connectivity index is 1.53. The van der Waals surface area contributed by atoms with Crippen LogP contribution in [0.3, 0.4) is 0 Å². The highest BCUT2D eigenvalue weighted by Gasteiger charge is 2.84. The molecule has 0 aromatic carbocycles. The Morgan fingerprint density at radius 2 is 1.79 bits per heavy atom. The van der Waals surface area contributed by atoms with Crippen LogP contribution in [0.2, 0.25) is 0 Å². The van der Waals surface area contributed by atoms with Gasteiger partial charge in [0.05, 0.1) is 11.7 Å². The first kappa shape index (κ1) is 18.8. The Morgan fingerprint density at radius 3 is 2.46 bits per heavy atom. The van der Waals surface area contributed by atoms with Crippen LogP contribution in [0.1, 0.15) is 72.6 Å². The number of hydrogen-bond donors (Lipinski definition) is 1. The Morgan fingerprint density at radius 1 is 1.11 bits per heavy atom. The second-order valence-electron chi connectivity index (χ2n) is 11.0. The third-order valence-corrected chi connectivity index (χ3v) is 10.3. The number of aliphatic hydroxyl groups is 1. The minimum Gasteiger partial charge on any atom is -0.385 e. The van der Waals surface area contributed by atoms with Crippen molar-refractivity contribution in [2.75, 3.05) is 0 Å². The maximum Gasteiger partial charge on any atom is 0.184 e.